The number of anilines is 2. The van der Waals surface area contributed by atoms with Crippen LogP contribution in [0.1, 0.15) is 4.88 Å². The topological polar surface area (TPSA) is 24.9 Å². The van der Waals surface area contributed by atoms with Gasteiger partial charge in [-0.05, 0) is 37.3 Å². The summed E-state index contributed by atoms with van der Waals surface area (Å²) >= 11 is 25.8. The summed E-state index contributed by atoms with van der Waals surface area (Å²) in [4.78, 5) is 5.68. The molecule has 2 nitrogen and oxygen atoms in total. The molecule has 0 atom stereocenters. The van der Waals surface area contributed by atoms with Crippen LogP contribution in [0.25, 0.3) is 11.3 Å². The highest BCUT2D eigenvalue weighted by Gasteiger charge is 2.12. The molecule has 0 aliphatic carbocycles. The van der Waals surface area contributed by atoms with E-state index < -0.39 is 0 Å². The van der Waals surface area contributed by atoms with Crippen molar-refractivity contribution in [3.8, 4) is 11.3 Å². The van der Waals surface area contributed by atoms with E-state index in [1.54, 1.807) is 24.3 Å². The third-order valence-corrected chi connectivity index (χ3v) is 5.35. The molecule has 0 saturated heterocycles. The average Bonchev–Trinajstić information content (AvgIpc) is 2.86. The van der Waals surface area contributed by atoms with Crippen molar-refractivity contribution in [3.05, 3.63) is 61.4 Å². The number of nitrogens with zero attached hydrogens (tertiary/aromatic N) is 1. The lowest BCUT2D eigenvalue weighted by molar-refractivity contribution is 1.36. The van der Waals surface area contributed by atoms with Gasteiger partial charge < -0.3 is 5.32 Å². The summed E-state index contributed by atoms with van der Waals surface area (Å²) in [6.45, 7) is 2.00. The molecule has 3 rings (SSSR count). The predicted molar refractivity (Wildman–Crippen MR) is 102 cm³/mol. The fraction of sp³-hybridized carbons (Fsp3) is 0.0625. The summed E-state index contributed by atoms with van der Waals surface area (Å²) in [5.74, 6) is 0. The van der Waals surface area contributed by atoms with Crippen LogP contribution in [-0.4, -0.2) is 4.98 Å². The fourth-order valence-electron chi connectivity index (χ4n) is 2.07. The Kier molecular flexibility index (Phi) is 5.04. The van der Waals surface area contributed by atoms with Crippen molar-refractivity contribution in [2.24, 2.45) is 0 Å². The van der Waals surface area contributed by atoms with Crippen molar-refractivity contribution in [2.75, 3.05) is 5.32 Å². The monoisotopic (exact) mass is 402 g/mol. The standard InChI is InChI=1S/C16H10Cl4N2S/c1-8-15(9-2-4-11(18)13(20)6-9)22-16(23-8)21-14-7-10(17)3-5-12(14)19/h2-7H,1H3,(H,21,22). The molecular weight excluding hydrogens is 394 g/mol. The average molecular weight is 404 g/mol. The minimum absolute atomic E-state index is 0.504. The van der Waals surface area contributed by atoms with E-state index >= 15 is 0 Å². The van der Waals surface area contributed by atoms with Crippen LogP contribution >= 0.6 is 57.7 Å². The third kappa shape index (κ3) is 3.76. The Morgan fingerprint density at radius 3 is 2.39 bits per heavy atom. The zero-order valence-electron chi connectivity index (χ0n) is 11.8. The second kappa shape index (κ2) is 6.88. The Hall–Kier alpha value is -0.970. The number of thiazole rings is 1. The summed E-state index contributed by atoms with van der Waals surface area (Å²) in [5.41, 5.74) is 2.49. The maximum atomic E-state index is 6.17. The SMILES string of the molecule is Cc1sc(Nc2cc(Cl)ccc2Cl)nc1-c1ccc(Cl)c(Cl)c1. The van der Waals surface area contributed by atoms with Crippen molar-refractivity contribution in [1.29, 1.82) is 0 Å². The van der Waals surface area contributed by atoms with Gasteiger partial charge in [-0.1, -0.05) is 52.5 Å². The second-order valence-corrected chi connectivity index (χ2v) is 7.66. The lowest BCUT2D eigenvalue weighted by Crippen LogP contribution is -1.90. The highest BCUT2D eigenvalue weighted by molar-refractivity contribution is 7.16. The third-order valence-electron chi connectivity index (χ3n) is 3.16. The van der Waals surface area contributed by atoms with E-state index in [1.165, 1.54) is 11.3 Å². The quantitative estimate of drug-likeness (QED) is 0.490. The van der Waals surface area contributed by atoms with Crippen LogP contribution in [0.2, 0.25) is 20.1 Å². The molecule has 118 valence electrons. The van der Waals surface area contributed by atoms with Gasteiger partial charge in [0.1, 0.15) is 0 Å². The molecule has 1 heterocycles. The van der Waals surface area contributed by atoms with Gasteiger partial charge in [0.05, 0.1) is 26.4 Å². The van der Waals surface area contributed by atoms with E-state index in [2.05, 4.69) is 10.3 Å². The molecule has 1 N–H and O–H groups in total. The number of benzene rings is 2. The van der Waals surface area contributed by atoms with Gasteiger partial charge >= 0.3 is 0 Å². The molecule has 3 aromatic rings. The first-order valence-electron chi connectivity index (χ1n) is 6.59. The van der Waals surface area contributed by atoms with Gasteiger partial charge in [-0.3, -0.25) is 0 Å². The molecule has 1 aromatic heterocycles. The predicted octanol–water partition coefficient (Wildman–Crippen LogP) is 7.48. The Morgan fingerprint density at radius 1 is 0.913 bits per heavy atom. The van der Waals surface area contributed by atoms with Gasteiger partial charge in [0.2, 0.25) is 0 Å². The van der Waals surface area contributed by atoms with Crippen molar-refractivity contribution in [2.45, 2.75) is 6.92 Å². The number of hydrogen-bond donors (Lipinski definition) is 1. The molecule has 0 aliphatic rings. The molecule has 0 fully saturated rings. The zero-order valence-corrected chi connectivity index (χ0v) is 15.7. The minimum Gasteiger partial charge on any atom is -0.330 e. The largest absolute Gasteiger partial charge is 0.330 e. The van der Waals surface area contributed by atoms with E-state index in [1.807, 2.05) is 19.1 Å². The number of aryl methyl sites for hydroxylation is 1. The van der Waals surface area contributed by atoms with Gasteiger partial charge in [-0.25, -0.2) is 4.98 Å². The van der Waals surface area contributed by atoms with Crippen LogP contribution < -0.4 is 5.32 Å². The molecule has 7 heteroatoms. The fourth-order valence-corrected chi connectivity index (χ4v) is 3.55. The van der Waals surface area contributed by atoms with Crippen molar-refractivity contribution < 1.29 is 0 Å². The minimum atomic E-state index is 0.504. The van der Waals surface area contributed by atoms with Crippen LogP contribution in [0.15, 0.2) is 36.4 Å². The van der Waals surface area contributed by atoms with E-state index in [9.17, 15) is 0 Å². The molecule has 0 spiro atoms. The smallest absolute Gasteiger partial charge is 0.188 e. The first-order valence-corrected chi connectivity index (χ1v) is 8.92. The molecule has 2 aromatic carbocycles. The van der Waals surface area contributed by atoms with E-state index in [0.29, 0.717) is 25.8 Å². The Bertz CT molecular complexity index is 877. The number of aromatic nitrogens is 1. The maximum absolute atomic E-state index is 6.17. The van der Waals surface area contributed by atoms with Gasteiger partial charge in [-0.15, -0.1) is 11.3 Å². The summed E-state index contributed by atoms with van der Waals surface area (Å²) in [5, 5.41) is 6.14. The summed E-state index contributed by atoms with van der Waals surface area (Å²) < 4.78 is 0. The summed E-state index contributed by atoms with van der Waals surface area (Å²) in [6, 6.07) is 10.7. The van der Waals surface area contributed by atoms with E-state index in [4.69, 9.17) is 46.4 Å². The summed E-state index contributed by atoms with van der Waals surface area (Å²) in [7, 11) is 0. The molecule has 0 radical (unpaired) electrons. The first-order chi connectivity index (χ1) is 10.9. The lowest BCUT2D eigenvalue weighted by Gasteiger charge is -2.05. The molecule has 23 heavy (non-hydrogen) atoms. The zero-order chi connectivity index (χ0) is 16.6. The number of hydrogen-bond acceptors (Lipinski definition) is 3. The van der Waals surface area contributed by atoms with Crippen molar-refractivity contribution in [1.82, 2.24) is 4.98 Å². The van der Waals surface area contributed by atoms with Gasteiger partial charge in [-0.2, -0.15) is 0 Å². The second-order valence-electron chi connectivity index (χ2n) is 4.80. The van der Waals surface area contributed by atoms with E-state index in [-0.39, 0.29) is 0 Å². The molecule has 0 bridgehead atoms. The normalized spacial score (nSPS) is 10.8. The van der Waals surface area contributed by atoms with Crippen LogP contribution in [0.5, 0.6) is 0 Å². The number of rotatable bonds is 3. The Labute approximate surface area is 158 Å². The maximum Gasteiger partial charge on any atom is 0.188 e. The van der Waals surface area contributed by atoms with Crippen molar-refractivity contribution >= 4 is 68.6 Å². The highest BCUT2D eigenvalue weighted by atomic mass is 35.5. The van der Waals surface area contributed by atoms with Crippen LogP contribution in [-0.2, 0) is 0 Å². The molecule has 0 saturated carbocycles. The first kappa shape index (κ1) is 16.9. The highest BCUT2D eigenvalue weighted by Crippen LogP contribution is 2.36. The van der Waals surface area contributed by atoms with Crippen LogP contribution in [0, 0.1) is 6.92 Å². The molecular formula is C16H10Cl4N2S. The Morgan fingerprint density at radius 2 is 1.65 bits per heavy atom. The van der Waals surface area contributed by atoms with Crippen molar-refractivity contribution in [3.63, 3.8) is 0 Å². The number of nitrogens with one attached hydrogen (secondary N) is 1. The van der Waals surface area contributed by atoms with Crippen LogP contribution in [0.4, 0.5) is 10.8 Å². The summed E-state index contributed by atoms with van der Waals surface area (Å²) in [6.07, 6.45) is 0. The van der Waals surface area contributed by atoms with Gasteiger partial charge in [0.25, 0.3) is 0 Å². The van der Waals surface area contributed by atoms with E-state index in [0.717, 1.165) is 21.3 Å². The lowest BCUT2D eigenvalue weighted by atomic mass is 10.1. The van der Waals surface area contributed by atoms with Crippen LogP contribution in [0.3, 0.4) is 0 Å². The molecule has 0 unspecified atom stereocenters. The Balaban J connectivity index is 1.94. The number of halogens is 4. The van der Waals surface area contributed by atoms with Gasteiger partial charge in [0.15, 0.2) is 5.13 Å². The molecule has 0 aliphatic heterocycles. The van der Waals surface area contributed by atoms with Gasteiger partial charge in [0, 0.05) is 15.5 Å². The molecule has 0 amide bonds.